The standard InChI is InChI=1S/C14H20F3NO3S.C10H14F3NO4S/c1-7-8(2)12-13(21-10(7)6-20-9(3)19)22-11(18-12)4-5-14(15,16)17;11-10(12,13)2-1-5-14-6-8(17)7(16)4(3-15)18-9(6)19-5/h7-8,10,12-13H,4-6H2,1-3H3;4,6-9,15-17H,1-3H2/t7-,8-,10+,12?,13?;4-,6?,7-,8-,9?/m01/s1. The molecule has 0 radical (unpaired) electrons. The molecule has 0 saturated carbocycles. The van der Waals surface area contributed by atoms with Crippen molar-refractivity contribution in [3.63, 3.8) is 0 Å². The smallest absolute Gasteiger partial charge is 0.389 e. The van der Waals surface area contributed by atoms with E-state index in [9.17, 15) is 41.4 Å². The first-order chi connectivity index (χ1) is 19.0. The fourth-order valence-corrected chi connectivity index (χ4v) is 7.20. The van der Waals surface area contributed by atoms with Gasteiger partial charge < -0.3 is 29.5 Å². The summed E-state index contributed by atoms with van der Waals surface area (Å²) >= 11 is 2.27. The van der Waals surface area contributed by atoms with Gasteiger partial charge in [0.1, 0.15) is 41.8 Å². The van der Waals surface area contributed by atoms with E-state index in [1.165, 1.54) is 18.7 Å². The van der Waals surface area contributed by atoms with E-state index in [1.807, 2.05) is 13.8 Å². The third kappa shape index (κ3) is 9.69. The molecule has 0 aromatic heterocycles. The number of alkyl halides is 6. The third-order valence-corrected chi connectivity index (χ3v) is 9.58. The van der Waals surface area contributed by atoms with E-state index in [2.05, 4.69) is 9.98 Å². The van der Waals surface area contributed by atoms with Gasteiger partial charge in [0.25, 0.3) is 0 Å². The number of nitrogens with zero attached hydrogens (tertiary/aromatic N) is 2. The number of carbonyl (C=O) groups excluding carboxylic acids is 1. The van der Waals surface area contributed by atoms with Crippen LogP contribution in [-0.4, -0.2) is 104 Å². The van der Waals surface area contributed by atoms with Crippen LogP contribution < -0.4 is 0 Å². The molecule has 4 aliphatic rings. The Morgan fingerprint density at radius 1 is 0.854 bits per heavy atom. The normalized spacial score (nSPS) is 36.9. The highest BCUT2D eigenvalue weighted by Gasteiger charge is 2.48. The molecule has 0 aromatic carbocycles. The fourth-order valence-electron chi connectivity index (χ4n) is 4.65. The predicted molar refractivity (Wildman–Crippen MR) is 140 cm³/mol. The first-order valence-corrected chi connectivity index (χ1v) is 14.8. The average molecular weight is 641 g/mol. The molecule has 4 rings (SSSR count). The summed E-state index contributed by atoms with van der Waals surface area (Å²) in [7, 11) is 0. The van der Waals surface area contributed by atoms with Crippen molar-refractivity contribution in [2.24, 2.45) is 21.8 Å². The number of thioether (sulfide) groups is 2. The van der Waals surface area contributed by atoms with Crippen molar-refractivity contribution in [3.05, 3.63) is 0 Å². The first kappa shape index (κ1) is 34.4. The topological polar surface area (TPSA) is 130 Å². The Kier molecular flexibility index (Phi) is 11.8. The monoisotopic (exact) mass is 640 g/mol. The maximum absolute atomic E-state index is 12.3. The van der Waals surface area contributed by atoms with Gasteiger partial charge in [-0.05, 0) is 11.8 Å². The minimum absolute atomic E-state index is 0.0970. The van der Waals surface area contributed by atoms with E-state index in [0.29, 0.717) is 5.04 Å². The zero-order valence-electron chi connectivity index (χ0n) is 22.5. The number of halogens is 6. The molecule has 9 nitrogen and oxygen atoms in total. The molecule has 4 unspecified atom stereocenters. The third-order valence-electron chi connectivity index (χ3n) is 7.18. The van der Waals surface area contributed by atoms with Gasteiger partial charge in [-0.1, -0.05) is 37.4 Å². The molecular formula is C24H34F6N2O7S2. The fraction of sp³-hybridized carbons (Fsp3) is 0.875. The molecule has 0 bridgehead atoms. The Balaban J connectivity index is 0.000000228. The lowest BCUT2D eigenvalue weighted by Crippen LogP contribution is -2.55. The van der Waals surface area contributed by atoms with Crippen molar-refractivity contribution in [1.82, 2.24) is 0 Å². The molecule has 2 fully saturated rings. The number of ether oxygens (including phenoxy) is 3. The van der Waals surface area contributed by atoms with Crippen LogP contribution in [0.15, 0.2) is 9.98 Å². The Hall–Kier alpha value is -1.11. The highest BCUT2D eigenvalue weighted by molar-refractivity contribution is 8.14. The van der Waals surface area contributed by atoms with Gasteiger partial charge in [-0.15, -0.1) is 0 Å². The minimum atomic E-state index is -4.26. The molecular weight excluding hydrogens is 606 g/mol. The first-order valence-electron chi connectivity index (χ1n) is 13.0. The Bertz CT molecular complexity index is 970. The molecule has 17 heteroatoms. The van der Waals surface area contributed by atoms with E-state index < -0.39 is 61.6 Å². The van der Waals surface area contributed by atoms with Crippen LogP contribution in [0.25, 0.3) is 0 Å². The summed E-state index contributed by atoms with van der Waals surface area (Å²) in [4.78, 5) is 19.3. The zero-order valence-corrected chi connectivity index (χ0v) is 24.1. The molecule has 4 aliphatic heterocycles. The van der Waals surface area contributed by atoms with Gasteiger partial charge in [0.2, 0.25) is 0 Å². The van der Waals surface area contributed by atoms with Gasteiger partial charge in [0.15, 0.2) is 0 Å². The summed E-state index contributed by atoms with van der Waals surface area (Å²) in [5, 5.41) is 29.2. The molecule has 0 spiro atoms. The summed E-state index contributed by atoms with van der Waals surface area (Å²) in [6.07, 6.45) is -14.4. The maximum Gasteiger partial charge on any atom is 0.389 e. The van der Waals surface area contributed by atoms with E-state index in [0.717, 1.165) is 11.8 Å². The van der Waals surface area contributed by atoms with Crippen LogP contribution in [0.5, 0.6) is 0 Å². The highest BCUT2D eigenvalue weighted by atomic mass is 32.2. The summed E-state index contributed by atoms with van der Waals surface area (Å²) in [5.74, 6) is -0.0890. The summed E-state index contributed by atoms with van der Waals surface area (Å²) in [5.41, 5.74) is -0.936. The van der Waals surface area contributed by atoms with Crippen LogP contribution >= 0.6 is 23.5 Å². The van der Waals surface area contributed by atoms with Gasteiger partial charge in [-0.25, -0.2) is 0 Å². The lowest BCUT2D eigenvalue weighted by molar-refractivity contribution is -0.164. The number of hydrogen-bond donors (Lipinski definition) is 3. The molecule has 2 saturated heterocycles. The largest absolute Gasteiger partial charge is 0.463 e. The van der Waals surface area contributed by atoms with Gasteiger partial charge in [-0.2, -0.15) is 26.3 Å². The quantitative estimate of drug-likeness (QED) is 0.282. The van der Waals surface area contributed by atoms with Crippen LogP contribution in [0.1, 0.15) is 46.5 Å². The number of aliphatic hydroxyl groups excluding tert-OH is 3. The second-order valence-corrected chi connectivity index (χ2v) is 12.6. The average Bonchev–Trinajstić information content (AvgIpc) is 3.48. The van der Waals surface area contributed by atoms with E-state index in [1.54, 1.807) is 0 Å². The number of carbonyl (C=O) groups is 1. The van der Waals surface area contributed by atoms with Crippen LogP contribution in [0.2, 0.25) is 0 Å². The highest BCUT2D eigenvalue weighted by Crippen LogP contribution is 2.43. The molecule has 0 aromatic rings. The number of fused-ring (bicyclic) bond motifs is 2. The Morgan fingerprint density at radius 3 is 1.83 bits per heavy atom. The van der Waals surface area contributed by atoms with Crippen LogP contribution in [-0.2, 0) is 19.0 Å². The van der Waals surface area contributed by atoms with Gasteiger partial charge in [-0.3, -0.25) is 14.8 Å². The van der Waals surface area contributed by atoms with Crippen LogP contribution in [0.3, 0.4) is 0 Å². The number of aliphatic imine (C=N–C) groups is 2. The maximum atomic E-state index is 12.3. The van der Waals surface area contributed by atoms with Crippen LogP contribution in [0.4, 0.5) is 26.3 Å². The SMILES string of the molecule is CC(=O)OC[C@H]1OC2SC(CCC(F)(F)F)=NC2[C@@H](C)[C@@H]1C.OC[C@H]1OC2SC(CCC(F)(F)F)=NC2[C@@H](O)[C@@H]1O. The van der Waals surface area contributed by atoms with E-state index in [4.69, 9.17) is 19.3 Å². The second-order valence-electron chi connectivity index (χ2n) is 10.3. The number of aliphatic hydroxyl groups is 3. The second kappa shape index (κ2) is 14.1. The van der Waals surface area contributed by atoms with Crippen molar-refractivity contribution >= 4 is 39.6 Å². The van der Waals surface area contributed by atoms with Crippen molar-refractivity contribution in [3.8, 4) is 0 Å². The number of rotatable bonds is 7. The van der Waals surface area contributed by atoms with Crippen molar-refractivity contribution < 1.29 is 60.7 Å². The molecule has 0 aliphatic carbocycles. The molecule has 41 heavy (non-hydrogen) atoms. The van der Waals surface area contributed by atoms with Crippen molar-refractivity contribution in [2.75, 3.05) is 13.2 Å². The predicted octanol–water partition coefficient (Wildman–Crippen LogP) is 3.68. The number of esters is 1. The number of hydrogen-bond acceptors (Lipinski definition) is 11. The molecule has 4 heterocycles. The Morgan fingerprint density at radius 2 is 1.34 bits per heavy atom. The van der Waals surface area contributed by atoms with Crippen molar-refractivity contribution in [1.29, 1.82) is 0 Å². The lowest BCUT2D eigenvalue weighted by atomic mass is 9.83. The van der Waals surface area contributed by atoms with E-state index in [-0.39, 0.29) is 59.9 Å². The zero-order chi connectivity index (χ0) is 30.7. The van der Waals surface area contributed by atoms with Gasteiger partial charge in [0.05, 0.1) is 28.8 Å². The summed E-state index contributed by atoms with van der Waals surface area (Å²) in [6, 6.07) is -0.914. The van der Waals surface area contributed by atoms with E-state index >= 15 is 0 Å². The van der Waals surface area contributed by atoms with Crippen LogP contribution in [0, 0.1) is 11.8 Å². The molecule has 236 valence electrons. The molecule has 0 amide bonds. The van der Waals surface area contributed by atoms with Gasteiger partial charge >= 0.3 is 18.3 Å². The summed E-state index contributed by atoms with van der Waals surface area (Å²) in [6.45, 7) is 5.04. The Labute approximate surface area is 241 Å². The molecule has 10 atom stereocenters. The minimum Gasteiger partial charge on any atom is -0.463 e. The lowest BCUT2D eigenvalue weighted by Gasteiger charge is -2.40. The molecule has 3 N–H and O–H groups in total. The van der Waals surface area contributed by atoms with Gasteiger partial charge in [0, 0.05) is 32.6 Å². The summed E-state index contributed by atoms with van der Waals surface area (Å²) < 4.78 is 89.5. The van der Waals surface area contributed by atoms with Crippen molar-refractivity contribution in [2.45, 2.75) is 106 Å².